The lowest BCUT2D eigenvalue weighted by Gasteiger charge is -2.22. The van der Waals surface area contributed by atoms with Crippen LogP contribution in [0.2, 0.25) is 0 Å². The number of hydrogen-bond acceptors (Lipinski definition) is 3. The van der Waals surface area contributed by atoms with E-state index in [-0.39, 0.29) is 6.04 Å². The number of esters is 1. The zero-order valence-corrected chi connectivity index (χ0v) is 8.66. The summed E-state index contributed by atoms with van der Waals surface area (Å²) in [5.41, 5.74) is 0. The maximum atomic E-state index is 11.2. The Hall–Kier alpha value is -1.06. The van der Waals surface area contributed by atoms with E-state index in [1.54, 1.807) is 7.05 Å². The zero-order valence-electron chi connectivity index (χ0n) is 8.66. The molecule has 0 fully saturated rings. The molecule has 0 rings (SSSR count). The van der Waals surface area contributed by atoms with E-state index in [2.05, 4.69) is 4.74 Å². The first-order chi connectivity index (χ1) is 6.04. The molecule has 76 valence electrons. The van der Waals surface area contributed by atoms with Crippen LogP contribution in [0.15, 0.2) is 0 Å². The van der Waals surface area contributed by atoms with Crippen molar-refractivity contribution >= 4 is 11.9 Å². The average molecular weight is 187 g/mol. The standard InChI is InChI=1S/C9H17NO3/c1-5-6-7(2)10(3)8(11)9(12)13-4/h7H,5-6H2,1-4H3. The number of methoxy groups -OCH3 is 1. The third kappa shape index (κ3) is 3.44. The van der Waals surface area contributed by atoms with Crippen LogP contribution in [0.4, 0.5) is 0 Å². The van der Waals surface area contributed by atoms with Crippen LogP contribution in [-0.4, -0.2) is 37.0 Å². The van der Waals surface area contributed by atoms with E-state index in [4.69, 9.17) is 0 Å². The molecular formula is C9H17NO3. The topological polar surface area (TPSA) is 46.6 Å². The average Bonchev–Trinajstić information content (AvgIpc) is 2.14. The van der Waals surface area contributed by atoms with Crippen molar-refractivity contribution in [2.24, 2.45) is 0 Å². The summed E-state index contributed by atoms with van der Waals surface area (Å²) in [7, 11) is 2.82. The second-order valence-electron chi connectivity index (χ2n) is 3.05. The molecule has 13 heavy (non-hydrogen) atoms. The number of ether oxygens (including phenoxy) is 1. The summed E-state index contributed by atoms with van der Waals surface area (Å²) in [6.45, 7) is 3.94. The Labute approximate surface area is 78.9 Å². The molecule has 0 bridgehead atoms. The Balaban J connectivity index is 4.16. The van der Waals surface area contributed by atoms with E-state index in [0.29, 0.717) is 0 Å². The van der Waals surface area contributed by atoms with Crippen molar-refractivity contribution in [3.05, 3.63) is 0 Å². The molecule has 0 radical (unpaired) electrons. The fraction of sp³-hybridized carbons (Fsp3) is 0.778. The predicted octanol–water partition coefficient (Wildman–Crippen LogP) is 0.806. The third-order valence-electron chi connectivity index (χ3n) is 2.05. The van der Waals surface area contributed by atoms with Crippen molar-refractivity contribution in [3.8, 4) is 0 Å². The van der Waals surface area contributed by atoms with Crippen LogP contribution in [0.3, 0.4) is 0 Å². The molecule has 4 nitrogen and oxygen atoms in total. The summed E-state index contributed by atoms with van der Waals surface area (Å²) >= 11 is 0. The fourth-order valence-corrected chi connectivity index (χ4v) is 1.04. The minimum atomic E-state index is -0.801. The first-order valence-corrected chi connectivity index (χ1v) is 4.39. The van der Waals surface area contributed by atoms with Crippen molar-refractivity contribution in [3.63, 3.8) is 0 Å². The monoisotopic (exact) mass is 187 g/mol. The number of hydrogen-bond donors (Lipinski definition) is 0. The van der Waals surface area contributed by atoms with Crippen LogP contribution in [-0.2, 0) is 14.3 Å². The lowest BCUT2D eigenvalue weighted by Crippen LogP contribution is -2.40. The van der Waals surface area contributed by atoms with Gasteiger partial charge in [-0.2, -0.15) is 0 Å². The van der Waals surface area contributed by atoms with Crippen molar-refractivity contribution in [1.82, 2.24) is 4.90 Å². The van der Waals surface area contributed by atoms with Crippen LogP contribution in [0.1, 0.15) is 26.7 Å². The maximum Gasteiger partial charge on any atom is 0.396 e. The van der Waals surface area contributed by atoms with Crippen LogP contribution in [0, 0.1) is 0 Å². The Morgan fingerprint density at radius 2 is 2.00 bits per heavy atom. The minimum absolute atomic E-state index is 0.0802. The summed E-state index contributed by atoms with van der Waals surface area (Å²) in [4.78, 5) is 23.5. The largest absolute Gasteiger partial charge is 0.462 e. The van der Waals surface area contributed by atoms with Crippen LogP contribution < -0.4 is 0 Å². The van der Waals surface area contributed by atoms with Gasteiger partial charge in [-0.1, -0.05) is 13.3 Å². The summed E-state index contributed by atoms with van der Waals surface area (Å²) < 4.78 is 4.33. The van der Waals surface area contributed by atoms with Gasteiger partial charge in [0.1, 0.15) is 0 Å². The molecule has 0 aliphatic heterocycles. The second-order valence-corrected chi connectivity index (χ2v) is 3.05. The van der Waals surface area contributed by atoms with Crippen LogP contribution >= 0.6 is 0 Å². The van der Waals surface area contributed by atoms with Gasteiger partial charge in [0.25, 0.3) is 0 Å². The molecular weight excluding hydrogens is 170 g/mol. The van der Waals surface area contributed by atoms with Gasteiger partial charge in [0.2, 0.25) is 0 Å². The number of carbonyl (C=O) groups excluding carboxylic acids is 2. The van der Waals surface area contributed by atoms with Gasteiger partial charge in [-0.3, -0.25) is 4.79 Å². The molecule has 0 aromatic carbocycles. The highest BCUT2D eigenvalue weighted by Gasteiger charge is 2.22. The minimum Gasteiger partial charge on any atom is -0.462 e. The molecule has 1 atom stereocenters. The normalized spacial score (nSPS) is 12.0. The van der Waals surface area contributed by atoms with E-state index in [1.165, 1.54) is 12.0 Å². The summed E-state index contributed by atoms with van der Waals surface area (Å²) in [5, 5.41) is 0. The molecule has 0 aromatic heterocycles. The first kappa shape index (κ1) is 11.9. The summed E-state index contributed by atoms with van der Waals surface area (Å²) in [6.07, 6.45) is 1.87. The van der Waals surface area contributed by atoms with Gasteiger partial charge in [-0.15, -0.1) is 0 Å². The number of likely N-dealkylation sites (N-methyl/N-ethyl adjacent to an activating group) is 1. The van der Waals surface area contributed by atoms with E-state index in [1.807, 2.05) is 13.8 Å². The second kappa shape index (κ2) is 5.56. The Morgan fingerprint density at radius 1 is 1.46 bits per heavy atom. The maximum absolute atomic E-state index is 11.2. The van der Waals surface area contributed by atoms with Gasteiger partial charge in [-0.25, -0.2) is 4.79 Å². The molecule has 4 heteroatoms. The lowest BCUT2D eigenvalue weighted by atomic mass is 10.2. The molecule has 0 heterocycles. The van der Waals surface area contributed by atoms with Crippen molar-refractivity contribution in [2.45, 2.75) is 32.7 Å². The third-order valence-corrected chi connectivity index (χ3v) is 2.05. The zero-order chi connectivity index (χ0) is 10.4. The van der Waals surface area contributed by atoms with Crippen LogP contribution in [0.25, 0.3) is 0 Å². The van der Waals surface area contributed by atoms with E-state index >= 15 is 0 Å². The SMILES string of the molecule is CCCC(C)N(C)C(=O)C(=O)OC. The van der Waals surface area contributed by atoms with Crippen LogP contribution in [0.5, 0.6) is 0 Å². The lowest BCUT2D eigenvalue weighted by molar-refractivity contribution is -0.158. The smallest absolute Gasteiger partial charge is 0.396 e. The first-order valence-electron chi connectivity index (χ1n) is 4.39. The Morgan fingerprint density at radius 3 is 2.38 bits per heavy atom. The molecule has 0 spiro atoms. The molecule has 1 unspecified atom stereocenters. The molecule has 0 aromatic rings. The van der Waals surface area contributed by atoms with Gasteiger partial charge in [0.05, 0.1) is 7.11 Å². The number of amides is 1. The Bertz CT molecular complexity index is 191. The van der Waals surface area contributed by atoms with Gasteiger partial charge in [-0.05, 0) is 13.3 Å². The van der Waals surface area contributed by atoms with Gasteiger partial charge < -0.3 is 9.64 Å². The molecule has 0 saturated carbocycles. The van der Waals surface area contributed by atoms with Crippen molar-refractivity contribution in [1.29, 1.82) is 0 Å². The molecule has 0 aliphatic rings. The van der Waals surface area contributed by atoms with Gasteiger partial charge >= 0.3 is 11.9 Å². The van der Waals surface area contributed by atoms with E-state index in [9.17, 15) is 9.59 Å². The Kier molecular flexibility index (Phi) is 5.11. The van der Waals surface area contributed by atoms with E-state index in [0.717, 1.165) is 12.8 Å². The molecule has 0 saturated heterocycles. The molecule has 1 amide bonds. The van der Waals surface area contributed by atoms with Gasteiger partial charge in [0.15, 0.2) is 0 Å². The fourth-order valence-electron chi connectivity index (χ4n) is 1.04. The predicted molar refractivity (Wildman–Crippen MR) is 49.2 cm³/mol. The summed E-state index contributed by atoms with van der Waals surface area (Å²) in [5.74, 6) is -1.38. The summed E-state index contributed by atoms with van der Waals surface area (Å²) in [6, 6.07) is 0.0802. The number of nitrogens with zero attached hydrogens (tertiary/aromatic N) is 1. The number of rotatable bonds is 3. The van der Waals surface area contributed by atoms with Crippen molar-refractivity contribution < 1.29 is 14.3 Å². The number of carbonyl (C=O) groups is 2. The highest BCUT2D eigenvalue weighted by molar-refractivity contribution is 6.32. The van der Waals surface area contributed by atoms with Crippen molar-refractivity contribution in [2.75, 3.05) is 14.2 Å². The molecule has 0 N–H and O–H groups in total. The highest BCUT2D eigenvalue weighted by Crippen LogP contribution is 2.04. The highest BCUT2D eigenvalue weighted by atomic mass is 16.5. The quantitative estimate of drug-likeness (QED) is 0.485. The van der Waals surface area contributed by atoms with Gasteiger partial charge in [0, 0.05) is 13.1 Å². The van der Waals surface area contributed by atoms with E-state index < -0.39 is 11.9 Å². The molecule has 0 aliphatic carbocycles.